The highest BCUT2D eigenvalue weighted by Gasteiger charge is 2.37. The van der Waals surface area contributed by atoms with E-state index in [1.165, 1.54) is 15.6 Å². The van der Waals surface area contributed by atoms with Crippen LogP contribution in [0.2, 0.25) is 0 Å². The summed E-state index contributed by atoms with van der Waals surface area (Å²) in [5.74, 6) is -0.741. The molecule has 1 aliphatic heterocycles. The van der Waals surface area contributed by atoms with Crippen molar-refractivity contribution in [2.45, 2.75) is 25.8 Å². The minimum absolute atomic E-state index is 0.0426. The SMILES string of the molecule is CCS(=O)(=O)N1CCCC1C(=O)Nc1nc2ccc(C(=O)NCCO)cc2s1. The van der Waals surface area contributed by atoms with Crippen LogP contribution in [0.5, 0.6) is 0 Å². The fourth-order valence-electron chi connectivity index (χ4n) is 3.08. The van der Waals surface area contributed by atoms with Crippen molar-refractivity contribution in [2.24, 2.45) is 0 Å². The minimum Gasteiger partial charge on any atom is -0.395 e. The molecule has 1 aromatic heterocycles. The first-order valence-corrected chi connectivity index (χ1v) is 11.4. The zero-order valence-corrected chi connectivity index (χ0v) is 17.0. The van der Waals surface area contributed by atoms with Gasteiger partial charge in [0.2, 0.25) is 15.9 Å². The zero-order valence-electron chi connectivity index (χ0n) is 15.3. The van der Waals surface area contributed by atoms with Crippen molar-refractivity contribution in [1.82, 2.24) is 14.6 Å². The van der Waals surface area contributed by atoms with Crippen LogP contribution in [0.4, 0.5) is 5.13 Å². The number of amides is 2. The Morgan fingerprint density at radius 2 is 2.18 bits per heavy atom. The minimum atomic E-state index is -3.44. The average Bonchev–Trinajstić information content (AvgIpc) is 3.32. The number of hydrogen-bond acceptors (Lipinski definition) is 7. The third-order valence-corrected chi connectivity index (χ3v) is 7.32. The molecule has 1 saturated heterocycles. The third kappa shape index (κ3) is 4.32. The van der Waals surface area contributed by atoms with E-state index in [4.69, 9.17) is 5.11 Å². The van der Waals surface area contributed by atoms with Gasteiger partial charge in [-0.25, -0.2) is 13.4 Å². The summed E-state index contributed by atoms with van der Waals surface area (Å²) in [6, 6.07) is 4.24. The summed E-state index contributed by atoms with van der Waals surface area (Å²) in [5.41, 5.74) is 1.06. The number of carbonyl (C=O) groups excluding carboxylic acids is 2. The number of rotatable bonds is 7. The van der Waals surface area contributed by atoms with Gasteiger partial charge in [-0.2, -0.15) is 4.31 Å². The fourth-order valence-corrected chi connectivity index (χ4v) is 5.32. The molecule has 3 N–H and O–H groups in total. The third-order valence-electron chi connectivity index (χ3n) is 4.51. The first-order chi connectivity index (χ1) is 13.4. The molecule has 1 aromatic carbocycles. The van der Waals surface area contributed by atoms with Crippen LogP contribution in [0.15, 0.2) is 18.2 Å². The van der Waals surface area contributed by atoms with Gasteiger partial charge >= 0.3 is 0 Å². The smallest absolute Gasteiger partial charge is 0.251 e. The van der Waals surface area contributed by atoms with Crippen LogP contribution in [0.3, 0.4) is 0 Å². The van der Waals surface area contributed by atoms with E-state index in [-0.39, 0.29) is 24.8 Å². The predicted octanol–water partition coefficient (Wildman–Crippen LogP) is 0.771. The van der Waals surface area contributed by atoms with Crippen LogP contribution in [0.25, 0.3) is 10.2 Å². The molecule has 0 spiro atoms. The van der Waals surface area contributed by atoms with Gasteiger partial charge in [0.05, 0.1) is 22.6 Å². The summed E-state index contributed by atoms with van der Waals surface area (Å²) in [4.78, 5) is 29.0. The normalized spacial score (nSPS) is 17.7. The summed E-state index contributed by atoms with van der Waals surface area (Å²) in [7, 11) is -3.44. The number of nitrogens with zero attached hydrogens (tertiary/aromatic N) is 2. The van der Waals surface area contributed by atoms with E-state index in [1.807, 2.05) is 0 Å². The van der Waals surface area contributed by atoms with Gasteiger partial charge in [0.15, 0.2) is 5.13 Å². The quantitative estimate of drug-likeness (QED) is 0.600. The topological polar surface area (TPSA) is 129 Å². The van der Waals surface area contributed by atoms with Crippen LogP contribution >= 0.6 is 11.3 Å². The lowest BCUT2D eigenvalue weighted by Gasteiger charge is -2.22. The van der Waals surface area contributed by atoms with E-state index in [9.17, 15) is 18.0 Å². The Bertz CT molecular complexity index is 989. The summed E-state index contributed by atoms with van der Waals surface area (Å²) in [5, 5.41) is 14.4. The molecule has 3 rings (SSSR count). The molecule has 28 heavy (non-hydrogen) atoms. The van der Waals surface area contributed by atoms with Gasteiger partial charge in [-0.15, -0.1) is 0 Å². The Morgan fingerprint density at radius 1 is 1.39 bits per heavy atom. The number of nitrogens with one attached hydrogen (secondary N) is 2. The van der Waals surface area contributed by atoms with E-state index in [0.29, 0.717) is 35.6 Å². The Kier molecular flexibility index (Phi) is 6.28. The largest absolute Gasteiger partial charge is 0.395 e. The highest BCUT2D eigenvalue weighted by atomic mass is 32.2. The lowest BCUT2D eigenvalue weighted by atomic mass is 10.2. The van der Waals surface area contributed by atoms with E-state index >= 15 is 0 Å². The first kappa shape index (κ1) is 20.6. The molecule has 0 bridgehead atoms. The summed E-state index contributed by atoms with van der Waals surface area (Å²) in [6.45, 7) is 1.93. The van der Waals surface area contributed by atoms with Crippen LogP contribution in [0, 0.1) is 0 Å². The number of aliphatic hydroxyl groups excluding tert-OH is 1. The Hall–Kier alpha value is -2.08. The van der Waals surface area contributed by atoms with E-state index in [2.05, 4.69) is 15.6 Å². The molecule has 0 radical (unpaired) electrons. The summed E-state index contributed by atoms with van der Waals surface area (Å²) >= 11 is 1.21. The Morgan fingerprint density at radius 3 is 2.89 bits per heavy atom. The van der Waals surface area contributed by atoms with Gasteiger partial charge < -0.3 is 15.7 Å². The van der Waals surface area contributed by atoms with E-state index in [0.717, 1.165) is 4.70 Å². The predicted molar refractivity (Wildman–Crippen MR) is 107 cm³/mol. The van der Waals surface area contributed by atoms with E-state index in [1.54, 1.807) is 25.1 Å². The van der Waals surface area contributed by atoms with Crippen molar-refractivity contribution in [1.29, 1.82) is 0 Å². The van der Waals surface area contributed by atoms with Crippen molar-refractivity contribution >= 4 is 48.5 Å². The van der Waals surface area contributed by atoms with Crippen LogP contribution < -0.4 is 10.6 Å². The molecule has 9 nitrogen and oxygen atoms in total. The van der Waals surface area contributed by atoms with Crippen molar-refractivity contribution in [3.05, 3.63) is 23.8 Å². The van der Waals surface area contributed by atoms with Crippen LogP contribution in [-0.4, -0.2) is 66.1 Å². The maximum Gasteiger partial charge on any atom is 0.251 e. The van der Waals surface area contributed by atoms with Crippen molar-refractivity contribution in [3.8, 4) is 0 Å². The number of thiazole rings is 1. The molecule has 1 atom stereocenters. The average molecular weight is 427 g/mol. The summed E-state index contributed by atoms with van der Waals surface area (Å²) < 4.78 is 26.3. The number of anilines is 1. The highest BCUT2D eigenvalue weighted by Crippen LogP contribution is 2.28. The molecule has 1 aliphatic rings. The van der Waals surface area contributed by atoms with Crippen molar-refractivity contribution in [3.63, 3.8) is 0 Å². The number of fused-ring (bicyclic) bond motifs is 1. The lowest BCUT2D eigenvalue weighted by Crippen LogP contribution is -2.43. The molecular weight excluding hydrogens is 404 g/mol. The molecule has 1 unspecified atom stereocenters. The zero-order chi connectivity index (χ0) is 20.3. The molecular formula is C17H22N4O5S2. The first-order valence-electron chi connectivity index (χ1n) is 8.95. The summed E-state index contributed by atoms with van der Waals surface area (Å²) in [6.07, 6.45) is 1.12. The second kappa shape index (κ2) is 8.52. The lowest BCUT2D eigenvalue weighted by molar-refractivity contribution is -0.119. The molecule has 2 amide bonds. The van der Waals surface area contributed by atoms with Crippen LogP contribution in [0.1, 0.15) is 30.1 Å². The maximum absolute atomic E-state index is 12.6. The molecule has 152 valence electrons. The molecule has 11 heteroatoms. The second-order valence-electron chi connectivity index (χ2n) is 6.34. The standard InChI is InChI=1S/C17H22N4O5S2/c1-2-28(25,26)21-8-3-4-13(21)16(24)20-17-19-12-6-5-11(10-14(12)27-17)15(23)18-7-9-22/h5-6,10,13,22H,2-4,7-9H2,1H3,(H,18,23)(H,19,20,24). The van der Waals surface area contributed by atoms with Gasteiger partial charge in [0.25, 0.3) is 5.91 Å². The van der Waals surface area contributed by atoms with Crippen LogP contribution in [-0.2, 0) is 14.8 Å². The number of sulfonamides is 1. The number of hydrogen-bond donors (Lipinski definition) is 3. The van der Waals surface area contributed by atoms with Gasteiger partial charge in [0.1, 0.15) is 6.04 Å². The number of aliphatic hydroxyl groups is 1. The molecule has 2 heterocycles. The monoisotopic (exact) mass is 426 g/mol. The number of aromatic nitrogens is 1. The number of carbonyl (C=O) groups is 2. The molecule has 1 fully saturated rings. The second-order valence-corrected chi connectivity index (χ2v) is 9.58. The Labute approximate surface area is 166 Å². The molecule has 0 aliphatic carbocycles. The van der Waals surface area contributed by atoms with Gasteiger partial charge in [-0.05, 0) is 38.0 Å². The van der Waals surface area contributed by atoms with Gasteiger partial charge in [-0.1, -0.05) is 11.3 Å². The molecule has 0 saturated carbocycles. The highest BCUT2D eigenvalue weighted by molar-refractivity contribution is 7.89. The van der Waals surface area contributed by atoms with E-state index < -0.39 is 22.0 Å². The number of benzene rings is 1. The maximum atomic E-state index is 12.6. The Balaban J connectivity index is 1.75. The van der Waals surface area contributed by atoms with Crippen molar-refractivity contribution in [2.75, 3.05) is 30.8 Å². The fraction of sp³-hybridized carbons (Fsp3) is 0.471. The van der Waals surface area contributed by atoms with Crippen molar-refractivity contribution < 1.29 is 23.1 Å². The van der Waals surface area contributed by atoms with Gasteiger partial charge in [-0.3, -0.25) is 9.59 Å². The van der Waals surface area contributed by atoms with Gasteiger partial charge in [0, 0.05) is 18.7 Å². The molecule has 2 aromatic rings.